The predicted molar refractivity (Wildman–Crippen MR) is 127 cm³/mol. The van der Waals surface area contributed by atoms with Gasteiger partial charge in [0.2, 0.25) is 0 Å². The van der Waals surface area contributed by atoms with Crippen molar-refractivity contribution in [3.05, 3.63) is 29.2 Å². The summed E-state index contributed by atoms with van der Waals surface area (Å²) in [6.45, 7) is 5.59. The molecule has 2 saturated heterocycles. The molecule has 2 aliphatic heterocycles. The van der Waals surface area contributed by atoms with Gasteiger partial charge in [-0.3, -0.25) is 9.69 Å². The standard InChI is InChI=1S/C23H27ClN6O4/c1-22(2)13-34-21(32)30(22)17-12-25-18(19(28-17)29-8-6-23(4-5-23)7-9-29)20(31)27-16-11-14(33-3)10-15(24)26-16/h10-12H,4-9,13H2,1-3H3,(H,26,27,31). The van der Waals surface area contributed by atoms with E-state index in [9.17, 15) is 9.59 Å². The highest BCUT2D eigenvalue weighted by Gasteiger charge is 2.46. The van der Waals surface area contributed by atoms with Gasteiger partial charge in [0.25, 0.3) is 5.91 Å². The number of hydrogen-bond acceptors (Lipinski definition) is 8. The maximum Gasteiger partial charge on any atom is 0.416 e. The number of halogens is 1. The van der Waals surface area contributed by atoms with E-state index < -0.39 is 17.5 Å². The molecular formula is C23H27ClN6O4. The van der Waals surface area contributed by atoms with Gasteiger partial charge in [0.15, 0.2) is 17.3 Å². The Balaban J connectivity index is 1.49. The molecule has 1 spiro atoms. The van der Waals surface area contributed by atoms with Gasteiger partial charge in [-0.1, -0.05) is 11.6 Å². The first-order valence-corrected chi connectivity index (χ1v) is 11.7. The minimum absolute atomic E-state index is 0.154. The maximum atomic E-state index is 13.3. The molecule has 0 radical (unpaired) electrons. The van der Waals surface area contributed by atoms with Crippen LogP contribution in [0, 0.1) is 5.41 Å². The number of ether oxygens (including phenoxy) is 2. The Kier molecular flexibility index (Phi) is 5.50. The van der Waals surface area contributed by atoms with Gasteiger partial charge < -0.3 is 19.7 Å². The first-order valence-electron chi connectivity index (χ1n) is 11.3. The molecule has 3 fully saturated rings. The van der Waals surface area contributed by atoms with Crippen molar-refractivity contribution >= 4 is 41.1 Å². The number of methoxy groups -OCH3 is 1. The Morgan fingerprint density at radius 2 is 1.91 bits per heavy atom. The first kappa shape index (κ1) is 22.6. The molecule has 4 heterocycles. The van der Waals surface area contributed by atoms with Crippen molar-refractivity contribution in [1.82, 2.24) is 15.0 Å². The average Bonchev–Trinajstić information content (AvgIpc) is 3.49. The molecule has 3 aliphatic rings. The number of aromatic nitrogens is 3. The van der Waals surface area contributed by atoms with E-state index in [1.165, 1.54) is 31.0 Å². The summed E-state index contributed by atoms with van der Waals surface area (Å²) in [5, 5.41) is 2.94. The van der Waals surface area contributed by atoms with Crippen LogP contribution in [0.1, 0.15) is 50.0 Å². The zero-order valence-corrected chi connectivity index (χ0v) is 20.2. The lowest BCUT2D eigenvalue weighted by Crippen LogP contribution is -2.43. The molecule has 0 atom stereocenters. The fourth-order valence-corrected chi connectivity index (χ4v) is 4.78. The van der Waals surface area contributed by atoms with Crippen LogP contribution in [0.3, 0.4) is 0 Å². The lowest BCUT2D eigenvalue weighted by molar-refractivity contribution is 0.102. The van der Waals surface area contributed by atoms with E-state index in [-0.39, 0.29) is 23.3 Å². The summed E-state index contributed by atoms with van der Waals surface area (Å²) in [4.78, 5) is 42.6. The number of piperidine rings is 1. The number of pyridine rings is 1. The molecule has 10 nitrogen and oxygen atoms in total. The van der Waals surface area contributed by atoms with Crippen molar-refractivity contribution in [2.24, 2.45) is 5.41 Å². The third kappa shape index (κ3) is 4.22. The molecule has 1 saturated carbocycles. The second-order valence-electron chi connectivity index (χ2n) is 9.76. The van der Waals surface area contributed by atoms with Crippen molar-refractivity contribution in [3.8, 4) is 5.75 Å². The van der Waals surface area contributed by atoms with Crippen LogP contribution in [-0.4, -0.2) is 59.3 Å². The second kappa shape index (κ2) is 8.26. The van der Waals surface area contributed by atoms with Crippen LogP contribution in [-0.2, 0) is 4.74 Å². The van der Waals surface area contributed by atoms with Gasteiger partial charge in [-0.2, -0.15) is 0 Å². The van der Waals surface area contributed by atoms with E-state index in [0.717, 1.165) is 25.9 Å². The highest BCUT2D eigenvalue weighted by molar-refractivity contribution is 6.29. The molecule has 0 unspecified atom stereocenters. The zero-order valence-electron chi connectivity index (χ0n) is 19.4. The van der Waals surface area contributed by atoms with Crippen molar-refractivity contribution in [1.29, 1.82) is 0 Å². The largest absolute Gasteiger partial charge is 0.497 e. The minimum Gasteiger partial charge on any atom is -0.497 e. The van der Waals surface area contributed by atoms with Gasteiger partial charge in [-0.15, -0.1) is 0 Å². The van der Waals surface area contributed by atoms with Gasteiger partial charge in [0.05, 0.1) is 18.8 Å². The summed E-state index contributed by atoms with van der Waals surface area (Å²) in [5.41, 5.74) is 0.0293. The van der Waals surface area contributed by atoms with Crippen LogP contribution < -0.4 is 19.9 Å². The Morgan fingerprint density at radius 1 is 1.18 bits per heavy atom. The first-order chi connectivity index (χ1) is 16.2. The fourth-order valence-electron chi connectivity index (χ4n) is 4.58. The molecule has 5 rings (SSSR count). The average molecular weight is 487 g/mol. The van der Waals surface area contributed by atoms with Gasteiger partial charge in [0, 0.05) is 25.2 Å². The third-order valence-electron chi connectivity index (χ3n) is 6.85. The van der Waals surface area contributed by atoms with Crippen LogP contribution in [0.25, 0.3) is 0 Å². The molecule has 11 heteroatoms. The summed E-state index contributed by atoms with van der Waals surface area (Å²) in [6.07, 6.45) is 5.57. The lowest BCUT2D eigenvalue weighted by atomic mass is 9.93. The Hall–Kier alpha value is -3.14. The molecule has 0 bridgehead atoms. The predicted octanol–water partition coefficient (Wildman–Crippen LogP) is 3.90. The van der Waals surface area contributed by atoms with Gasteiger partial charge in [0.1, 0.15) is 23.3 Å². The number of amides is 2. The van der Waals surface area contributed by atoms with E-state index in [0.29, 0.717) is 22.8 Å². The number of nitrogens with one attached hydrogen (secondary N) is 1. The second-order valence-corrected chi connectivity index (χ2v) is 10.1. The number of carbonyl (C=O) groups excluding carboxylic acids is 2. The van der Waals surface area contributed by atoms with E-state index in [4.69, 9.17) is 26.1 Å². The summed E-state index contributed by atoms with van der Waals surface area (Å²) >= 11 is 6.05. The highest BCUT2D eigenvalue weighted by atomic mass is 35.5. The summed E-state index contributed by atoms with van der Waals surface area (Å²) in [7, 11) is 1.51. The lowest BCUT2D eigenvalue weighted by Gasteiger charge is -2.34. The Bertz CT molecular complexity index is 1140. The number of hydrogen-bond donors (Lipinski definition) is 1. The van der Waals surface area contributed by atoms with Gasteiger partial charge in [-0.05, 0) is 44.9 Å². The van der Waals surface area contributed by atoms with Crippen molar-refractivity contribution < 1.29 is 19.1 Å². The molecule has 180 valence electrons. The third-order valence-corrected chi connectivity index (χ3v) is 7.04. The minimum atomic E-state index is -0.575. The molecule has 1 N–H and O–H groups in total. The van der Waals surface area contributed by atoms with Crippen LogP contribution in [0.2, 0.25) is 5.15 Å². The molecule has 2 amide bonds. The molecule has 2 aromatic heterocycles. The van der Waals surface area contributed by atoms with Crippen molar-refractivity contribution in [3.63, 3.8) is 0 Å². The molecule has 34 heavy (non-hydrogen) atoms. The van der Waals surface area contributed by atoms with Gasteiger partial charge in [-0.25, -0.2) is 19.7 Å². The van der Waals surface area contributed by atoms with E-state index in [1.807, 2.05) is 13.8 Å². The summed E-state index contributed by atoms with van der Waals surface area (Å²) in [5.74, 6) is 1.03. The number of nitrogens with zero attached hydrogens (tertiary/aromatic N) is 5. The van der Waals surface area contributed by atoms with Crippen LogP contribution >= 0.6 is 11.6 Å². The number of rotatable bonds is 5. The van der Waals surface area contributed by atoms with E-state index >= 15 is 0 Å². The summed E-state index contributed by atoms with van der Waals surface area (Å²) < 4.78 is 10.4. The number of cyclic esters (lactones) is 1. The maximum absolute atomic E-state index is 13.3. The SMILES string of the molecule is COc1cc(Cl)nc(NC(=O)c2ncc(N3C(=O)OCC3(C)C)nc2N2CCC3(CC2)CC3)c1. The van der Waals surface area contributed by atoms with Crippen molar-refractivity contribution in [2.75, 3.05) is 41.9 Å². The van der Waals surface area contributed by atoms with E-state index in [2.05, 4.69) is 20.2 Å². The smallest absolute Gasteiger partial charge is 0.416 e. The van der Waals surface area contributed by atoms with Crippen molar-refractivity contribution in [2.45, 2.75) is 45.1 Å². The molecular weight excluding hydrogens is 460 g/mol. The monoisotopic (exact) mass is 486 g/mol. The highest BCUT2D eigenvalue weighted by Crippen LogP contribution is 2.54. The van der Waals surface area contributed by atoms with Crippen LogP contribution in [0.5, 0.6) is 5.75 Å². The van der Waals surface area contributed by atoms with Crippen LogP contribution in [0.4, 0.5) is 22.2 Å². The Labute approximate surface area is 202 Å². The Morgan fingerprint density at radius 3 is 2.53 bits per heavy atom. The number of carbonyl (C=O) groups is 2. The topological polar surface area (TPSA) is 110 Å². The molecule has 1 aliphatic carbocycles. The molecule has 0 aromatic carbocycles. The zero-order chi connectivity index (χ0) is 24.1. The summed E-state index contributed by atoms with van der Waals surface area (Å²) in [6, 6.07) is 3.13. The van der Waals surface area contributed by atoms with Gasteiger partial charge >= 0.3 is 6.09 Å². The quantitative estimate of drug-likeness (QED) is 0.633. The molecule has 2 aromatic rings. The van der Waals surface area contributed by atoms with E-state index in [1.54, 1.807) is 12.1 Å². The van der Waals surface area contributed by atoms with Crippen LogP contribution in [0.15, 0.2) is 18.3 Å². The number of anilines is 3. The normalized spacial score (nSPS) is 20.3. The fraction of sp³-hybridized carbons (Fsp3) is 0.522.